The van der Waals surface area contributed by atoms with Crippen LogP contribution in [0.4, 0.5) is 14.5 Å². The van der Waals surface area contributed by atoms with Gasteiger partial charge in [-0.05, 0) is 53.6 Å². The Morgan fingerprint density at radius 3 is 2.15 bits per heavy atom. The molecule has 0 aliphatic heterocycles. The number of amides is 1. The lowest BCUT2D eigenvalue weighted by atomic mass is 10.1. The van der Waals surface area contributed by atoms with Crippen LogP contribution in [0.15, 0.2) is 91.0 Å². The normalized spacial score (nSPS) is 10.5. The molecule has 0 saturated heterocycles. The van der Waals surface area contributed by atoms with Crippen molar-refractivity contribution in [3.63, 3.8) is 0 Å². The zero-order valence-corrected chi connectivity index (χ0v) is 17.8. The number of para-hydroxylation sites is 1. The van der Waals surface area contributed by atoms with Gasteiger partial charge in [0.05, 0.1) is 7.11 Å². The number of benzene rings is 4. The maximum absolute atomic E-state index is 13.9. The standard InChI is InChI=1S/C27H21F2NO3/c1-32-25-15-12-20(27(31)30-26-23(28)8-5-9-24(26)29)16-21(25)17-33-22-13-10-19(11-14-22)18-6-3-2-4-7-18/h2-16H,17H2,1H3,(H,30,31). The van der Waals surface area contributed by atoms with Gasteiger partial charge in [-0.15, -0.1) is 0 Å². The molecule has 0 spiro atoms. The van der Waals surface area contributed by atoms with Crippen LogP contribution < -0.4 is 14.8 Å². The fourth-order valence-corrected chi connectivity index (χ4v) is 3.37. The van der Waals surface area contributed by atoms with E-state index in [1.54, 1.807) is 12.1 Å². The van der Waals surface area contributed by atoms with Crippen molar-refractivity contribution in [3.05, 3.63) is 114 Å². The fraction of sp³-hybridized carbons (Fsp3) is 0.0741. The van der Waals surface area contributed by atoms with Gasteiger partial charge in [0.1, 0.15) is 35.4 Å². The fourth-order valence-electron chi connectivity index (χ4n) is 3.37. The molecule has 0 unspecified atom stereocenters. The van der Waals surface area contributed by atoms with Gasteiger partial charge in [0, 0.05) is 11.1 Å². The van der Waals surface area contributed by atoms with Gasteiger partial charge in [0.15, 0.2) is 0 Å². The quantitative estimate of drug-likeness (QED) is 0.355. The summed E-state index contributed by atoms with van der Waals surface area (Å²) in [5, 5.41) is 2.28. The Bertz CT molecular complexity index is 1240. The molecule has 0 fully saturated rings. The first-order valence-corrected chi connectivity index (χ1v) is 10.3. The minimum Gasteiger partial charge on any atom is -0.496 e. The van der Waals surface area contributed by atoms with Gasteiger partial charge in [-0.3, -0.25) is 4.79 Å². The second-order valence-electron chi connectivity index (χ2n) is 7.26. The molecule has 4 aromatic rings. The van der Waals surface area contributed by atoms with Crippen molar-refractivity contribution >= 4 is 11.6 Å². The summed E-state index contributed by atoms with van der Waals surface area (Å²) in [5.74, 6) is -1.15. The number of hydrogen-bond donors (Lipinski definition) is 1. The van der Waals surface area contributed by atoms with Crippen molar-refractivity contribution in [2.45, 2.75) is 6.61 Å². The molecule has 0 aromatic heterocycles. The first-order valence-electron chi connectivity index (χ1n) is 10.3. The number of halogens is 2. The molecular weight excluding hydrogens is 424 g/mol. The first kappa shape index (κ1) is 22.0. The average Bonchev–Trinajstić information content (AvgIpc) is 2.85. The van der Waals surface area contributed by atoms with Gasteiger partial charge in [-0.2, -0.15) is 0 Å². The average molecular weight is 445 g/mol. The molecular formula is C27H21F2NO3. The largest absolute Gasteiger partial charge is 0.496 e. The Morgan fingerprint density at radius 1 is 0.818 bits per heavy atom. The maximum Gasteiger partial charge on any atom is 0.255 e. The van der Waals surface area contributed by atoms with Crippen molar-refractivity contribution < 1.29 is 23.0 Å². The first-order chi connectivity index (χ1) is 16.0. The van der Waals surface area contributed by atoms with E-state index in [-0.39, 0.29) is 12.2 Å². The summed E-state index contributed by atoms with van der Waals surface area (Å²) in [6.45, 7) is 0.142. The van der Waals surface area contributed by atoms with Crippen LogP contribution in [-0.2, 0) is 6.61 Å². The number of rotatable bonds is 7. The summed E-state index contributed by atoms with van der Waals surface area (Å²) in [6.07, 6.45) is 0. The Morgan fingerprint density at radius 2 is 1.48 bits per heavy atom. The predicted molar refractivity (Wildman–Crippen MR) is 124 cm³/mol. The molecule has 0 saturated carbocycles. The van der Waals surface area contributed by atoms with E-state index < -0.39 is 23.2 Å². The highest BCUT2D eigenvalue weighted by Gasteiger charge is 2.15. The maximum atomic E-state index is 13.9. The van der Waals surface area contributed by atoms with Gasteiger partial charge in [-0.25, -0.2) is 8.78 Å². The van der Waals surface area contributed by atoms with Crippen molar-refractivity contribution in [2.75, 3.05) is 12.4 Å². The summed E-state index contributed by atoms with van der Waals surface area (Å²) in [4.78, 5) is 12.6. The minimum absolute atomic E-state index is 0.142. The van der Waals surface area contributed by atoms with Crippen LogP contribution in [0.2, 0.25) is 0 Å². The summed E-state index contributed by atoms with van der Waals surface area (Å²) < 4.78 is 39.0. The lowest BCUT2D eigenvalue weighted by Crippen LogP contribution is -2.15. The SMILES string of the molecule is COc1ccc(C(=O)Nc2c(F)cccc2F)cc1COc1ccc(-c2ccccc2)cc1. The van der Waals surface area contributed by atoms with E-state index in [2.05, 4.69) is 5.32 Å². The molecule has 0 aliphatic carbocycles. The second-order valence-corrected chi connectivity index (χ2v) is 7.26. The highest BCUT2D eigenvalue weighted by atomic mass is 19.1. The highest BCUT2D eigenvalue weighted by Crippen LogP contribution is 2.26. The molecule has 1 N–H and O–H groups in total. The smallest absolute Gasteiger partial charge is 0.255 e. The van der Waals surface area contributed by atoms with Crippen molar-refractivity contribution in [1.82, 2.24) is 0 Å². The third kappa shape index (κ3) is 5.18. The van der Waals surface area contributed by atoms with Crippen LogP contribution in [-0.4, -0.2) is 13.0 Å². The van der Waals surface area contributed by atoms with E-state index in [0.717, 1.165) is 23.3 Å². The van der Waals surface area contributed by atoms with Gasteiger partial charge in [-0.1, -0.05) is 48.5 Å². The molecule has 0 aliphatic rings. The lowest BCUT2D eigenvalue weighted by molar-refractivity contribution is 0.102. The van der Waals surface area contributed by atoms with Crippen molar-refractivity contribution in [3.8, 4) is 22.6 Å². The Labute approximate surface area is 190 Å². The number of ether oxygens (including phenoxy) is 2. The third-order valence-electron chi connectivity index (χ3n) is 5.10. The number of hydrogen-bond acceptors (Lipinski definition) is 3. The summed E-state index contributed by atoms with van der Waals surface area (Å²) in [7, 11) is 1.52. The number of methoxy groups -OCH3 is 1. The number of carbonyl (C=O) groups is 1. The van der Waals surface area contributed by atoms with E-state index in [9.17, 15) is 13.6 Å². The molecule has 0 atom stereocenters. The third-order valence-corrected chi connectivity index (χ3v) is 5.10. The zero-order chi connectivity index (χ0) is 23.2. The topological polar surface area (TPSA) is 47.6 Å². The molecule has 0 bridgehead atoms. The molecule has 0 radical (unpaired) electrons. The number of anilines is 1. The summed E-state index contributed by atoms with van der Waals surface area (Å²) in [5.41, 5.74) is 2.52. The van der Waals surface area contributed by atoms with Crippen LogP contribution in [0, 0.1) is 11.6 Å². The van der Waals surface area contributed by atoms with Gasteiger partial charge >= 0.3 is 0 Å². The zero-order valence-electron chi connectivity index (χ0n) is 17.8. The second kappa shape index (κ2) is 9.96. The molecule has 166 valence electrons. The van der Waals surface area contributed by atoms with E-state index >= 15 is 0 Å². The molecule has 33 heavy (non-hydrogen) atoms. The molecule has 6 heteroatoms. The van der Waals surface area contributed by atoms with Gasteiger partial charge < -0.3 is 14.8 Å². The van der Waals surface area contributed by atoms with Crippen LogP contribution in [0.1, 0.15) is 15.9 Å². The number of nitrogens with one attached hydrogen (secondary N) is 1. The Balaban J connectivity index is 1.48. The van der Waals surface area contributed by atoms with Gasteiger partial charge in [0.2, 0.25) is 0 Å². The van der Waals surface area contributed by atoms with Crippen LogP contribution in [0.5, 0.6) is 11.5 Å². The minimum atomic E-state index is -0.848. The van der Waals surface area contributed by atoms with E-state index in [4.69, 9.17) is 9.47 Å². The molecule has 1 amide bonds. The van der Waals surface area contributed by atoms with Crippen LogP contribution in [0.25, 0.3) is 11.1 Å². The summed E-state index contributed by atoms with van der Waals surface area (Å²) in [6, 6.07) is 25.8. The van der Waals surface area contributed by atoms with E-state index in [1.165, 1.54) is 19.2 Å². The molecule has 0 heterocycles. The molecule has 4 nitrogen and oxygen atoms in total. The Hall–Kier alpha value is -4.19. The van der Waals surface area contributed by atoms with Crippen molar-refractivity contribution in [2.24, 2.45) is 0 Å². The molecule has 4 aromatic carbocycles. The predicted octanol–water partition coefficient (Wildman–Crippen LogP) is 6.47. The lowest BCUT2D eigenvalue weighted by Gasteiger charge is -2.13. The number of carbonyl (C=O) groups excluding carboxylic acids is 1. The van der Waals surface area contributed by atoms with E-state index in [1.807, 2.05) is 54.6 Å². The highest BCUT2D eigenvalue weighted by molar-refractivity contribution is 6.04. The monoisotopic (exact) mass is 445 g/mol. The van der Waals surface area contributed by atoms with Crippen molar-refractivity contribution in [1.29, 1.82) is 0 Å². The van der Waals surface area contributed by atoms with Gasteiger partial charge in [0.25, 0.3) is 5.91 Å². The molecule has 4 rings (SSSR count). The van der Waals surface area contributed by atoms with E-state index in [0.29, 0.717) is 17.1 Å². The Kier molecular flexibility index (Phi) is 6.64. The summed E-state index contributed by atoms with van der Waals surface area (Å²) >= 11 is 0. The van der Waals surface area contributed by atoms with Crippen LogP contribution in [0.3, 0.4) is 0 Å². The van der Waals surface area contributed by atoms with Crippen LogP contribution >= 0.6 is 0 Å².